The van der Waals surface area contributed by atoms with Crippen LogP contribution in [0.15, 0.2) is 60.7 Å². The highest BCUT2D eigenvalue weighted by atomic mass is 16.5. The van der Waals surface area contributed by atoms with Crippen LogP contribution in [0, 0.1) is 6.92 Å². The molecule has 0 unspecified atom stereocenters. The minimum atomic E-state index is -0.343. The van der Waals surface area contributed by atoms with Gasteiger partial charge in [-0.25, -0.2) is 0 Å². The van der Waals surface area contributed by atoms with E-state index < -0.39 is 0 Å². The predicted molar refractivity (Wildman–Crippen MR) is 109 cm³/mol. The molecule has 0 saturated heterocycles. The van der Waals surface area contributed by atoms with E-state index in [1.807, 2.05) is 67.6 Å². The molecule has 3 rings (SSSR count). The highest BCUT2D eigenvalue weighted by Crippen LogP contribution is 2.24. The fourth-order valence-electron chi connectivity index (χ4n) is 3.17. The maximum absolute atomic E-state index is 12.2. The number of aryl methyl sites for hydroxylation is 1. The van der Waals surface area contributed by atoms with Crippen molar-refractivity contribution in [1.29, 1.82) is 0 Å². The SMILES string of the molecule is CC(=O)N[C@@H](CCC(=O)OCc1ccccc1)c1cc(C)c2ccccc2n1. The Bertz CT molecular complexity index is 970. The van der Waals surface area contributed by atoms with Crippen molar-refractivity contribution in [2.45, 2.75) is 39.3 Å². The van der Waals surface area contributed by atoms with Crippen LogP contribution >= 0.6 is 0 Å². The number of nitrogens with zero attached hydrogens (tertiary/aromatic N) is 1. The van der Waals surface area contributed by atoms with Crippen molar-refractivity contribution in [2.24, 2.45) is 0 Å². The second-order valence-corrected chi connectivity index (χ2v) is 6.82. The highest BCUT2D eigenvalue weighted by Gasteiger charge is 2.18. The normalized spacial score (nSPS) is 11.8. The van der Waals surface area contributed by atoms with E-state index in [1.54, 1.807) is 0 Å². The molecule has 1 N–H and O–H groups in total. The lowest BCUT2D eigenvalue weighted by atomic mass is 10.0. The van der Waals surface area contributed by atoms with E-state index in [1.165, 1.54) is 6.92 Å². The van der Waals surface area contributed by atoms with Crippen molar-refractivity contribution in [2.75, 3.05) is 0 Å². The molecule has 0 aliphatic heterocycles. The van der Waals surface area contributed by atoms with Gasteiger partial charge >= 0.3 is 5.97 Å². The molecule has 5 nitrogen and oxygen atoms in total. The number of rotatable bonds is 7. The third-order valence-corrected chi connectivity index (χ3v) is 4.56. The Morgan fingerprint density at radius 3 is 2.54 bits per heavy atom. The van der Waals surface area contributed by atoms with Gasteiger partial charge in [-0.2, -0.15) is 0 Å². The monoisotopic (exact) mass is 376 g/mol. The van der Waals surface area contributed by atoms with Gasteiger partial charge < -0.3 is 10.1 Å². The van der Waals surface area contributed by atoms with E-state index in [9.17, 15) is 9.59 Å². The fourth-order valence-corrected chi connectivity index (χ4v) is 3.17. The molecule has 3 aromatic rings. The minimum absolute atomic E-state index is 0.157. The van der Waals surface area contributed by atoms with E-state index in [0.29, 0.717) is 6.42 Å². The molecule has 0 aliphatic rings. The molecule has 0 fully saturated rings. The van der Waals surface area contributed by atoms with Crippen molar-refractivity contribution in [3.63, 3.8) is 0 Å². The van der Waals surface area contributed by atoms with E-state index >= 15 is 0 Å². The van der Waals surface area contributed by atoms with Crippen LogP contribution in [0.2, 0.25) is 0 Å². The lowest BCUT2D eigenvalue weighted by Crippen LogP contribution is -2.27. The summed E-state index contributed by atoms with van der Waals surface area (Å²) in [5, 5.41) is 3.99. The van der Waals surface area contributed by atoms with Crippen LogP contribution < -0.4 is 5.32 Å². The number of pyridine rings is 1. The van der Waals surface area contributed by atoms with Crippen molar-refractivity contribution in [1.82, 2.24) is 10.3 Å². The average Bonchev–Trinajstić information content (AvgIpc) is 2.70. The molecule has 28 heavy (non-hydrogen) atoms. The van der Waals surface area contributed by atoms with Gasteiger partial charge in [-0.05, 0) is 36.6 Å². The Labute approximate surface area is 164 Å². The maximum atomic E-state index is 12.2. The van der Waals surface area contributed by atoms with E-state index in [-0.39, 0.29) is 30.9 Å². The van der Waals surface area contributed by atoms with Gasteiger partial charge in [0.2, 0.25) is 5.91 Å². The van der Waals surface area contributed by atoms with Crippen LogP contribution in [0.3, 0.4) is 0 Å². The number of amides is 1. The summed E-state index contributed by atoms with van der Waals surface area (Å²) in [4.78, 5) is 28.5. The quantitative estimate of drug-likeness (QED) is 0.626. The summed E-state index contributed by atoms with van der Waals surface area (Å²) in [6, 6.07) is 19.1. The molecule has 1 amide bonds. The summed E-state index contributed by atoms with van der Waals surface area (Å²) in [5.74, 6) is -0.452. The molecule has 1 atom stereocenters. The number of fused-ring (bicyclic) bond motifs is 1. The molecular formula is C23H24N2O3. The number of para-hydroxylation sites is 1. The molecule has 1 aromatic heterocycles. The summed E-state index contributed by atoms with van der Waals surface area (Å²) in [6.45, 7) is 3.74. The van der Waals surface area contributed by atoms with Crippen molar-refractivity contribution < 1.29 is 14.3 Å². The zero-order chi connectivity index (χ0) is 19.9. The molecule has 0 aliphatic carbocycles. The molecule has 2 aromatic carbocycles. The van der Waals surface area contributed by atoms with Gasteiger partial charge in [0.25, 0.3) is 0 Å². The Hall–Kier alpha value is -3.21. The third kappa shape index (κ3) is 5.16. The number of hydrogen-bond acceptors (Lipinski definition) is 4. The lowest BCUT2D eigenvalue weighted by Gasteiger charge is -2.18. The first-order valence-electron chi connectivity index (χ1n) is 9.36. The summed E-state index contributed by atoms with van der Waals surface area (Å²) >= 11 is 0. The highest BCUT2D eigenvalue weighted by molar-refractivity contribution is 5.82. The average molecular weight is 376 g/mol. The molecule has 0 spiro atoms. The van der Waals surface area contributed by atoms with Crippen molar-refractivity contribution >= 4 is 22.8 Å². The minimum Gasteiger partial charge on any atom is -0.461 e. The summed E-state index contributed by atoms with van der Waals surface area (Å²) in [5.41, 5.74) is 3.66. The molecule has 1 heterocycles. The number of carbonyl (C=O) groups excluding carboxylic acids is 2. The smallest absolute Gasteiger partial charge is 0.306 e. The number of nitrogens with one attached hydrogen (secondary N) is 1. The first-order valence-corrected chi connectivity index (χ1v) is 9.36. The van der Waals surface area contributed by atoms with E-state index in [0.717, 1.165) is 27.7 Å². The Morgan fingerprint density at radius 2 is 1.79 bits per heavy atom. The number of aromatic nitrogens is 1. The number of esters is 1. The molecular weight excluding hydrogens is 352 g/mol. The molecule has 5 heteroatoms. The van der Waals surface area contributed by atoms with E-state index in [4.69, 9.17) is 9.72 Å². The van der Waals surface area contributed by atoms with Crippen LogP contribution in [0.4, 0.5) is 0 Å². The molecule has 0 saturated carbocycles. The van der Waals surface area contributed by atoms with E-state index in [2.05, 4.69) is 5.32 Å². The molecule has 0 bridgehead atoms. The van der Waals surface area contributed by atoms with Gasteiger partial charge in [0.15, 0.2) is 0 Å². The topological polar surface area (TPSA) is 68.3 Å². The van der Waals surface area contributed by atoms with Crippen molar-refractivity contribution in [3.05, 3.63) is 77.5 Å². The fraction of sp³-hybridized carbons (Fsp3) is 0.261. The standard InChI is InChI=1S/C23H24N2O3/c1-16-14-22(25-20-11-7-6-10-19(16)20)21(24-17(2)26)12-13-23(27)28-15-18-8-4-3-5-9-18/h3-11,14,21H,12-13,15H2,1-2H3,(H,24,26)/t21-/m0/s1. The lowest BCUT2D eigenvalue weighted by molar-refractivity contribution is -0.145. The van der Waals surface area contributed by atoms with Crippen LogP contribution in [0.25, 0.3) is 10.9 Å². The van der Waals surface area contributed by atoms with Crippen LogP contribution in [0.5, 0.6) is 0 Å². The van der Waals surface area contributed by atoms with Gasteiger partial charge in [-0.3, -0.25) is 14.6 Å². The number of carbonyl (C=O) groups is 2. The number of hydrogen-bond donors (Lipinski definition) is 1. The van der Waals surface area contributed by atoms with Gasteiger partial charge in [-0.1, -0.05) is 48.5 Å². The molecule has 0 radical (unpaired) electrons. The van der Waals surface area contributed by atoms with Crippen molar-refractivity contribution in [3.8, 4) is 0 Å². The largest absolute Gasteiger partial charge is 0.461 e. The number of ether oxygens (including phenoxy) is 1. The Balaban J connectivity index is 1.68. The summed E-state index contributed by atoms with van der Waals surface area (Å²) in [6.07, 6.45) is 0.628. The summed E-state index contributed by atoms with van der Waals surface area (Å²) < 4.78 is 5.34. The second kappa shape index (κ2) is 9.13. The predicted octanol–water partition coefficient (Wildman–Crippen LogP) is 4.24. The Kier molecular flexibility index (Phi) is 6.37. The summed E-state index contributed by atoms with van der Waals surface area (Å²) in [7, 11) is 0. The number of benzene rings is 2. The second-order valence-electron chi connectivity index (χ2n) is 6.82. The Morgan fingerprint density at radius 1 is 1.07 bits per heavy atom. The van der Waals surface area contributed by atoms with Gasteiger partial charge in [0, 0.05) is 18.7 Å². The van der Waals surface area contributed by atoms with Gasteiger partial charge in [-0.15, -0.1) is 0 Å². The first kappa shape index (κ1) is 19.5. The van der Waals surface area contributed by atoms with Crippen LogP contribution in [-0.2, 0) is 20.9 Å². The zero-order valence-electron chi connectivity index (χ0n) is 16.1. The third-order valence-electron chi connectivity index (χ3n) is 4.56. The van der Waals surface area contributed by atoms with Gasteiger partial charge in [0.1, 0.15) is 6.61 Å². The maximum Gasteiger partial charge on any atom is 0.306 e. The zero-order valence-corrected chi connectivity index (χ0v) is 16.1. The van der Waals surface area contributed by atoms with Gasteiger partial charge in [0.05, 0.1) is 17.3 Å². The van der Waals surface area contributed by atoms with Crippen LogP contribution in [-0.4, -0.2) is 16.9 Å². The molecule has 144 valence electrons. The first-order chi connectivity index (χ1) is 13.5. The van der Waals surface area contributed by atoms with Crippen LogP contribution in [0.1, 0.15) is 42.6 Å².